The number of benzene rings is 1. The van der Waals surface area contributed by atoms with Gasteiger partial charge in [-0.15, -0.1) is 0 Å². The van der Waals surface area contributed by atoms with Crippen LogP contribution in [-0.4, -0.2) is 13.1 Å². The van der Waals surface area contributed by atoms with Crippen LogP contribution in [0.5, 0.6) is 0 Å². The van der Waals surface area contributed by atoms with E-state index in [1.165, 1.54) is 43.6 Å². The Kier molecular flexibility index (Phi) is 9.96. The minimum atomic E-state index is 0.879. The Morgan fingerprint density at radius 2 is 1.65 bits per heavy atom. The number of nitrogens with two attached hydrogens (primary N) is 1. The van der Waals surface area contributed by atoms with Gasteiger partial charge in [-0.2, -0.15) is 0 Å². The van der Waals surface area contributed by atoms with E-state index in [1.54, 1.807) is 0 Å². The predicted molar refractivity (Wildman–Crippen MR) is 93.5 cm³/mol. The minimum absolute atomic E-state index is 0.879. The highest BCUT2D eigenvalue weighted by atomic mass is 15.1. The highest BCUT2D eigenvalue weighted by Crippen LogP contribution is 2.25. The first-order valence-electron chi connectivity index (χ1n) is 8.19. The van der Waals surface area contributed by atoms with Crippen LogP contribution in [0.4, 0.5) is 11.4 Å². The summed E-state index contributed by atoms with van der Waals surface area (Å²) in [4.78, 5) is 2.44. The van der Waals surface area contributed by atoms with Gasteiger partial charge in [-0.1, -0.05) is 47.1 Å². The molecule has 1 saturated heterocycles. The number of rotatable bonds is 1. The monoisotopic (exact) mass is 278 g/mol. The first-order valence-corrected chi connectivity index (χ1v) is 8.19. The number of nitrogen functional groups attached to an aromatic ring is 1. The Bertz CT molecular complexity index is 352. The van der Waals surface area contributed by atoms with Crippen molar-refractivity contribution in [3.63, 3.8) is 0 Å². The number of piperidine rings is 1. The lowest BCUT2D eigenvalue weighted by molar-refractivity contribution is 0.438. The van der Waals surface area contributed by atoms with E-state index in [9.17, 15) is 0 Å². The molecule has 1 aromatic carbocycles. The number of hydrogen-bond donors (Lipinski definition) is 1. The van der Waals surface area contributed by atoms with Crippen molar-refractivity contribution in [1.82, 2.24) is 0 Å². The lowest BCUT2D eigenvalue weighted by Gasteiger charge is -2.32. The summed E-state index contributed by atoms with van der Waals surface area (Å²) in [6, 6.07) is 6.40. The zero-order valence-corrected chi connectivity index (χ0v) is 14.4. The van der Waals surface area contributed by atoms with E-state index < -0.39 is 0 Å². The Morgan fingerprint density at radius 3 is 2.10 bits per heavy atom. The maximum absolute atomic E-state index is 5.93. The maximum Gasteiger partial charge on any atom is 0.0387 e. The molecule has 2 nitrogen and oxygen atoms in total. The molecule has 0 aliphatic carbocycles. The molecule has 1 aliphatic rings. The van der Waals surface area contributed by atoms with Gasteiger partial charge < -0.3 is 10.6 Å². The van der Waals surface area contributed by atoms with Crippen molar-refractivity contribution in [3.8, 4) is 0 Å². The van der Waals surface area contributed by atoms with Gasteiger partial charge in [0.25, 0.3) is 0 Å². The smallest absolute Gasteiger partial charge is 0.0387 e. The average Bonchev–Trinajstić information content (AvgIpc) is 2.46. The molecule has 0 aromatic heterocycles. The number of anilines is 2. The number of hydrogen-bond acceptors (Lipinski definition) is 2. The zero-order chi connectivity index (χ0) is 15.5. The summed E-state index contributed by atoms with van der Waals surface area (Å²) in [5.74, 6) is 0.879. The molecule has 0 amide bonds. The molecule has 0 radical (unpaired) electrons. The summed E-state index contributed by atoms with van der Waals surface area (Å²) >= 11 is 0. The molecule has 20 heavy (non-hydrogen) atoms. The number of nitrogens with zero attached hydrogens (tertiary/aromatic N) is 1. The Balaban J connectivity index is 0.000000641. The first kappa shape index (κ1) is 18.8. The van der Waals surface area contributed by atoms with E-state index >= 15 is 0 Å². The molecule has 0 spiro atoms. The average molecular weight is 278 g/mol. The summed E-state index contributed by atoms with van der Waals surface area (Å²) in [7, 11) is 0. The fourth-order valence-electron chi connectivity index (χ4n) is 2.09. The molecule has 1 aliphatic heterocycles. The predicted octanol–water partition coefficient (Wildman–Crippen LogP) is 5.26. The second kappa shape index (κ2) is 10.6. The largest absolute Gasteiger partial charge is 0.398 e. The van der Waals surface area contributed by atoms with Crippen LogP contribution in [0.25, 0.3) is 0 Å². The van der Waals surface area contributed by atoms with Crippen LogP contribution >= 0.6 is 0 Å². The van der Waals surface area contributed by atoms with Crippen LogP contribution in [0, 0.1) is 12.8 Å². The van der Waals surface area contributed by atoms with Crippen LogP contribution in [0.1, 0.15) is 59.4 Å². The summed E-state index contributed by atoms with van der Waals surface area (Å²) in [5.41, 5.74) is 9.29. The van der Waals surface area contributed by atoms with E-state index in [0.717, 1.165) is 11.6 Å². The van der Waals surface area contributed by atoms with Crippen LogP contribution in [0.15, 0.2) is 18.2 Å². The lowest BCUT2D eigenvalue weighted by atomic mass is 9.98. The molecule has 116 valence electrons. The second-order valence-corrected chi connectivity index (χ2v) is 5.42. The van der Waals surface area contributed by atoms with Crippen LogP contribution < -0.4 is 10.6 Å². The van der Waals surface area contributed by atoms with Gasteiger partial charge in [-0.05, 0) is 43.4 Å². The van der Waals surface area contributed by atoms with Gasteiger partial charge in [0.1, 0.15) is 0 Å². The SMILES string of the molecule is CC.CCC.Cc1ccc(N2CCC(C)CC2)cc1N. The topological polar surface area (TPSA) is 29.3 Å². The molecule has 1 fully saturated rings. The molecule has 0 saturated carbocycles. The molecule has 0 atom stereocenters. The quantitative estimate of drug-likeness (QED) is 0.710. The van der Waals surface area contributed by atoms with Gasteiger partial charge in [-0.25, -0.2) is 0 Å². The zero-order valence-electron chi connectivity index (χ0n) is 14.4. The standard InChI is InChI=1S/C13H20N2.C3H8.C2H6/c1-10-5-7-15(8-6-10)12-4-3-11(2)13(14)9-12;1-3-2;1-2/h3-4,9-10H,5-8,14H2,1-2H3;3H2,1-2H3;1-2H3. The fourth-order valence-corrected chi connectivity index (χ4v) is 2.09. The van der Waals surface area contributed by atoms with E-state index in [4.69, 9.17) is 5.73 Å². The Hall–Kier alpha value is -1.18. The first-order chi connectivity index (χ1) is 9.58. The molecule has 0 bridgehead atoms. The van der Waals surface area contributed by atoms with E-state index in [1.807, 2.05) is 13.8 Å². The Morgan fingerprint density at radius 1 is 1.15 bits per heavy atom. The van der Waals surface area contributed by atoms with Crippen molar-refractivity contribution in [2.75, 3.05) is 23.7 Å². The van der Waals surface area contributed by atoms with Crippen LogP contribution in [0.2, 0.25) is 0 Å². The third-order valence-electron chi connectivity index (χ3n) is 3.41. The molecule has 2 N–H and O–H groups in total. The van der Waals surface area contributed by atoms with Crippen LogP contribution in [-0.2, 0) is 0 Å². The van der Waals surface area contributed by atoms with Crippen molar-refractivity contribution in [2.45, 2.75) is 60.8 Å². The highest BCUT2D eigenvalue weighted by Gasteiger charge is 2.16. The third kappa shape index (κ3) is 6.31. The van der Waals surface area contributed by atoms with Crippen molar-refractivity contribution < 1.29 is 0 Å². The van der Waals surface area contributed by atoms with Gasteiger partial charge in [0, 0.05) is 24.5 Å². The summed E-state index contributed by atoms with van der Waals surface area (Å²) in [5, 5.41) is 0. The van der Waals surface area contributed by atoms with Gasteiger partial charge in [-0.3, -0.25) is 0 Å². The van der Waals surface area contributed by atoms with Crippen molar-refractivity contribution in [1.29, 1.82) is 0 Å². The molecular weight excluding hydrogens is 244 g/mol. The Labute approximate surface area is 126 Å². The van der Waals surface area contributed by atoms with Gasteiger partial charge in [0.15, 0.2) is 0 Å². The van der Waals surface area contributed by atoms with Gasteiger partial charge >= 0.3 is 0 Å². The minimum Gasteiger partial charge on any atom is -0.398 e. The maximum atomic E-state index is 5.93. The summed E-state index contributed by atoms with van der Waals surface area (Å²) in [6.45, 7) is 15.0. The fraction of sp³-hybridized carbons (Fsp3) is 0.667. The molecule has 0 unspecified atom stereocenters. The van der Waals surface area contributed by atoms with Crippen molar-refractivity contribution in [2.24, 2.45) is 5.92 Å². The van der Waals surface area contributed by atoms with Gasteiger partial charge in [0.05, 0.1) is 0 Å². The normalized spacial score (nSPS) is 14.8. The molecule has 1 heterocycles. The molecule has 1 aromatic rings. The van der Waals surface area contributed by atoms with Crippen LogP contribution in [0.3, 0.4) is 0 Å². The summed E-state index contributed by atoms with van der Waals surface area (Å²) < 4.78 is 0. The lowest BCUT2D eigenvalue weighted by Crippen LogP contribution is -2.32. The van der Waals surface area contributed by atoms with Crippen molar-refractivity contribution in [3.05, 3.63) is 23.8 Å². The van der Waals surface area contributed by atoms with E-state index in [-0.39, 0.29) is 0 Å². The second-order valence-electron chi connectivity index (χ2n) is 5.42. The molecular formula is C18H34N2. The van der Waals surface area contributed by atoms with E-state index in [0.29, 0.717) is 0 Å². The number of aryl methyl sites for hydroxylation is 1. The summed E-state index contributed by atoms with van der Waals surface area (Å²) in [6.07, 6.45) is 3.85. The van der Waals surface area contributed by atoms with Crippen molar-refractivity contribution >= 4 is 11.4 Å². The molecule has 2 heteroatoms. The highest BCUT2D eigenvalue weighted by molar-refractivity contribution is 5.59. The van der Waals surface area contributed by atoms with Gasteiger partial charge in [0.2, 0.25) is 0 Å². The third-order valence-corrected chi connectivity index (χ3v) is 3.41. The molecule has 2 rings (SSSR count). The van der Waals surface area contributed by atoms with E-state index in [2.05, 4.69) is 50.8 Å².